The topological polar surface area (TPSA) is 76.1 Å². The minimum atomic E-state index is -0.936. The lowest BCUT2D eigenvalue weighted by molar-refractivity contribution is -0.122. The number of piperidine rings is 1. The van der Waals surface area contributed by atoms with Crippen molar-refractivity contribution in [2.24, 2.45) is 5.41 Å². The molecule has 2 aromatic rings. The Labute approximate surface area is 269 Å². The molecule has 0 aromatic heterocycles. The number of benzene rings is 2. The summed E-state index contributed by atoms with van der Waals surface area (Å²) in [5, 5.41) is 9.23. The number of likely N-dealkylation sites (tertiary alicyclic amines) is 1. The Morgan fingerprint density at radius 1 is 0.935 bits per heavy atom. The standard InChI is InChI=1S/C38H43F2NO5/c1-2-29(42)23-38(15-14-25-6-8-27(9-7-25)37(43)44)16-18-41(19-17-38)24-26-20-34(45-30-10-11-30)36(35(21-26)46-31-12-13-31)32-5-3-4-28(39)22-33(32)40/h4-9,20-22,30-31H,2-3,10-19,23-24H2,1H3,(H,43,44). The van der Waals surface area contributed by atoms with Gasteiger partial charge >= 0.3 is 5.97 Å². The van der Waals surface area contributed by atoms with E-state index in [2.05, 4.69) is 4.90 Å². The number of carbonyl (C=O) groups excluding carboxylic acids is 1. The average molecular weight is 632 g/mol. The first-order valence-electron chi connectivity index (χ1n) is 16.7. The van der Waals surface area contributed by atoms with Crippen LogP contribution < -0.4 is 9.47 Å². The van der Waals surface area contributed by atoms with Crippen LogP contribution in [0.5, 0.6) is 11.5 Å². The van der Waals surface area contributed by atoms with E-state index >= 15 is 4.39 Å². The van der Waals surface area contributed by atoms with Gasteiger partial charge in [-0.3, -0.25) is 9.69 Å². The van der Waals surface area contributed by atoms with Gasteiger partial charge in [0.05, 0.1) is 23.3 Å². The van der Waals surface area contributed by atoms with Gasteiger partial charge in [0.1, 0.15) is 28.9 Å². The Hall–Kier alpha value is -3.78. The number of carbonyl (C=O) groups is 2. The number of allylic oxidation sites excluding steroid dienone is 6. The molecular weight excluding hydrogens is 588 g/mol. The van der Waals surface area contributed by atoms with Crippen molar-refractivity contribution in [1.82, 2.24) is 4.90 Å². The summed E-state index contributed by atoms with van der Waals surface area (Å²) in [5.41, 5.74) is 3.15. The third kappa shape index (κ3) is 8.13. The molecule has 0 bridgehead atoms. The van der Waals surface area contributed by atoms with Crippen LogP contribution in [0.2, 0.25) is 0 Å². The molecule has 1 aliphatic heterocycles. The molecule has 3 aliphatic carbocycles. The van der Waals surface area contributed by atoms with Crippen LogP contribution in [-0.4, -0.2) is 47.1 Å². The molecule has 0 spiro atoms. The number of halogens is 2. The Morgan fingerprint density at radius 3 is 2.13 bits per heavy atom. The highest BCUT2D eigenvalue weighted by Gasteiger charge is 2.36. The number of ether oxygens (including phenoxy) is 2. The molecule has 244 valence electrons. The van der Waals surface area contributed by atoms with Gasteiger partial charge in [-0.25, -0.2) is 13.6 Å². The molecule has 2 aromatic carbocycles. The molecule has 3 fully saturated rings. The highest BCUT2D eigenvalue weighted by Crippen LogP contribution is 2.46. The zero-order chi connectivity index (χ0) is 32.3. The number of aromatic carboxylic acids is 1. The third-order valence-corrected chi connectivity index (χ3v) is 9.62. The summed E-state index contributed by atoms with van der Waals surface area (Å²) in [6.07, 6.45) is 12.8. The summed E-state index contributed by atoms with van der Waals surface area (Å²) in [5.74, 6) is -0.713. The van der Waals surface area contributed by atoms with Gasteiger partial charge in [-0.15, -0.1) is 0 Å². The van der Waals surface area contributed by atoms with Gasteiger partial charge in [-0.1, -0.05) is 25.1 Å². The van der Waals surface area contributed by atoms with Crippen LogP contribution in [0.3, 0.4) is 0 Å². The number of carboxylic acids is 1. The van der Waals surface area contributed by atoms with Gasteiger partial charge in [0, 0.05) is 31.0 Å². The van der Waals surface area contributed by atoms with Crippen LogP contribution in [0, 0.1) is 5.41 Å². The van der Waals surface area contributed by atoms with Crippen molar-refractivity contribution < 1.29 is 33.0 Å². The van der Waals surface area contributed by atoms with E-state index in [0.29, 0.717) is 42.0 Å². The van der Waals surface area contributed by atoms with E-state index in [4.69, 9.17) is 9.47 Å². The number of Topliss-reactive ketones (excluding diaryl/α,β-unsaturated/α-hetero) is 1. The fraction of sp³-hybridized carbons (Fsp3) is 0.474. The number of nitrogens with zero attached hydrogens (tertiary/aromatic N) is 1. The summed E-state index contributed by atoms with van der Waals surface area (Å²) < 4.78 is 42.1. The second-order valence-electron chi connectivity index (χ2n) is 13.4. The first-order chi connectivity index (χ1) is 22.2. The summed E-state index contributed by atoms with van der Waals surface area (Å²) >= 11 is 0. The van der Waals surface area contributed by atoms with Crippen molar-refractivity contribution in [1.29, 1.82) is 0 Å². The Kier molecular flexibility index (Phi) is 9.73. The summed E-state index contributed by atoms with van der Waals surface area (Å²) in [6.45, 7) is 4.26. The van der Waals surface area contributed by atoms with Crippen LogP contribution in [-0.2, 0) is 17.8 Å². The van der Waals surface area contributed by atoms with Gasteiger partial charge in [0.2, 0.25) is 0 Å². The van der Waals surface area contributed by atoms with Gasteiger partial charge in [0.25, 0.3) is 0 Å². The highest BCUT2D eigenvalue weighted by molar-refractivity contribution is 5.87. The monoisotopic (exact) mass is 631 g/mol. The Balaban J connectivity index is 1.20. The first-order valence-corrected chi connectivity index (χ1v) is 16.7. The molecule has 0 radical (unpaired) electrons. The molecule has 0 unspecified atom stereocenters. The predicted molar refractivity (Wildman–Crippen MR) is 173 cm³/mol. The summed E-state index contributed by atoms with van der Waals surface area (Å²) in [6, 6.07) is 11.0. The van der Waals surface area contributed by atoms with Gasteiger partial charge < -0.3 is 14.6 Å². The van der Waals surface area contributed by atoms with Crippen molar-refractivity contribution in [3.05, 3.63) is 88.5 Å². The van der Waals surface area contributed by atoms with Crippen LogP contribution in [0.4, 0.5) is 8.78 Å². The maximum Gasteiger partial charge on any atom is 0.335 e. The number of carboxylic acid groups (broad SMARTS) is 1. The van der Waals surface area contributed by atoms with E-state index in [1.54, 1.807) is 18.2 Å². The number of rotatable bonds is 14. The number of hydrogen-bond acceptors (Lipinski definition) is 5. The molecule has 8 heteroatoms. The van der Waals surface area contributed by atoms with Crippen molar-refractivity contribution in [3.8, 4) is 11.5 Å². The third-order valence-electron chi connectivity index (χ3n) is 9.62. The maximum atomic E-state index is 15.3. The SMILES string of the molecule is CCC(=O)CC1(CCc2ccc(C(=O)O)cc2)CCN(Cc2cc(OC3CC3)c(C3=CCC=C(F)C=C3F)c(OC3CC3)c2)CC1. The van der Waals surface area contributed by atoms with E-state index < -0.39 is 17.6 Å². The minimum Gasteiger partial charge on any atom is -0.490 e. The van der Waals surface area contributed by atoms with Gasteiger partial charge in [0.15, 0.2) is 0 Å². The van der Waals surface area contributed by atoms with E-state index in [1.807, 2.05) is 31.2 Å². The number of ketones is 1. The molecule has 6 nitrogen and oxygen atoms in total. The predicted octanol–water partition coefficient (Wildman–Crippen LogP) is 8.55. The Bertz CT molecular complexity index is 1510. The van der Waals surface area contributed by atoms with Crippen molar-refractivity contribution >= 4 is 17.3 Å². The van der Waals surface area contributed by atoms with Crippen LogP contribution in [0.15, 0.2) is 66.3 Å². The van der Waals surface area contributed by atoms with E-state index in [1.165, 1.54) is 6.08 Å². The fourth-order valence-corrected chi connectivity index (χ4v) is 6.51. The lowest BCUT2D eigenvalue weighted by atomic mass is 9.70. The lowest BCUT2D eigenvalue weighted by Crippen LogP contribution is -2.41. The van der Waals surface area contributed by atoms with E-state index in [0.717, 1.165) is 81.7 Å². The van der Waals surface area contributed by atoms with Crippen molar-refractivity contribution in [3.63, 3.8) is 0 Å². The number of hydrogen-bond donors (Lipinski definition) is 1. The lowest BCUT2D eigenvalue weighted by Gasteiger charge is -2.42. The highest BCUT2D eigenvalue weighted by atomic mass is 19.1. The minimum absolute atomic E-state index is 0.0862. The quantitative estimate of drug-likeness (QED) is 0.225. The zero-order valence-electron chi connectivity index (χ0n) is 26.5. The molecule has 46 heavy (non-hydrogen) atoms. The van der Waals surface area contributed by atoms with Gasteiger partial charge in [-0.05, 0) is 118 Å². The van der Waals surface area contributed by atoms with Gasteiger partial charge in [-0.2, -0.15) is 0 Å². The maximum absolute atomic E-state index is 15.3. The smallest absolute Gasteiger partial charge is 0.335 e. The van der Waals surface area contributed by atoms with Crippen molar-refractivity contribution in [2.45, 2.75) is 96.3 Å². The second-order valence-corrected chi connectivity index (χ2v) is 13.4. The number of aryl methyl sites for hydroxylation is 1. The Morgan fingerprint density at radius 2 is 1.57 bits per heavy atom. The first kappa shape index (κ1) is 32.2. The van der Waals surface area contributed by atoms with Crippen LogP contribution in [0.25, 0.3) is 5.57 Å². The molecule has 1 heterocycles. The summed E-state index contributed by atoms with van der Waals surface area (Å²) in [4.78, 5) is 26.4. The molecule has 1 N–H and O–H groups in total. The molecular formula is C38H43F2NO5. The molecule has 1 saturated heterocycles. The molecule has 2 saturated carbocycles. The van der Waals surface area contributed by atoms with E-state index in [-0.39, 0.29) is 35.4 Å². The largest absolute Gasteiger partial charge is 0.490 e. The second kappa shape index (κ2) is 13.9. The van der Waals surface area contributed by atoms with Crippen molar-refractivity contribution in [2.75, 3.05) is 13.1 Å². The molecule has 6 rings (SSSR count). The molecule has 0 amide bonds. The zero-order valence-corrected chi connectivity index (χ0v) is 26.5. The normalized spacial score (nSPS) is 19.8. The van der Waals surface area contributed by atoms with Crippen LogP contribution >= 0.6 is 0 Å². The fourth-order valence-electron chi connectivity index (χ4n) is 6.51. The van der Waals surface area contributed by atoms with Crippen LogP contribution in [0.1, 0.15) is 98.2 Å². The summed E-state index contributed by atoms with van der Waals surface area (Å²) in [7, 11) is 0. The molecule has 0 atom stereocenters. The van der Waals surface area contributed by atoms with E-state index in [9.17, 15) is 19.1 Å². The molecule has 4 aliphatic rings. The average Bonchev–Trinajstić information content (AvgIpc) is 3.97.